The summed E-state index contributed by atoms with van der Waals surface area (Å²) in [5.41, 5.74) is 2.36. The highest BCUT2D eigenvalue weighted by atomic mass is 32.1. The molecular formula is C16H16N2O3S. The molecule has 6 heteroatoms. The molecule has 114 valence electrons. The highest BCUT2D eigenvalue weighted by molar-refractivity contribution is 7.10. The molecule has 0 bridgehead atoms. The Bertz CT molecular complexity index is 711. The lowest BCUT2D eigenvalue weighted by atomic mass is 9.93. The SMILES string of the molecule is COC(=O)C1CN(Cc2ccccc2)c2snc(C)c2C1=O. The maximum absolute atomic E-state index is 12.5. The standard InChI is InChI=1S/C16H16N2O3S/c1-10-13-14(19)12(16(20)21-2)9-18(15(13)22-17-10)8-11-6-4-3-5-7-11/h3-7,12H,8-9H2,1-2H3. The van der Waals surface area contributed by atoms with Crippen LogP contribution in [0.2, 0.25) is 0 Å². The third-order valence-electron chi connectivity index (χ3n) is 3.80. The molecule has 0 radical (unpaired) electrons. The largest absolute Gasteiger partial charge is 0.468 e. The highest BCUT2D eigenvalue weighted by Gasteiger charge is 2.39. The van der Waals surface area contributed by atoms with E-state index in [-0.39, 0.29) is 5.78 Å². The van der Waals surface area contributed by atoms with E-state index in [0.29, 0.717) is 24.3 Å². The van der Waals surface area contributed by atoms with Crippen molar-refractivity contribution in [1.29, 1.82) is 0 Å². The van der Waals surface area contributed by atoms with E-state index in [1.54, 1.807) is 6.92 Å². The van der Waals surface area contributed by atoms with Gasteiger partial charge in [-0.05, 0) is 24.0 Å². The first-order chi connectivity index (χ1) is 10.6. The first kappa shape index (κ1) is 14.7. The van der Waals surface area contributed by atoms with Crippen LogP contribution in [0.3, 0.4) is 0 Å². The minimum atomic E-state index is -0.781. The van der Waals surface area contributed by atoms with Crippen molar-refractivity contribution < 1.29 is 14.3 Å². The van der Waals surface area contributed by atoms with E-state index < -0.39 is 11.9 Å². The predicted octanol–water partition coefficient (Wildman–Crippen LogP) is 2.44. The normalized spacial score (nSPS) is 17.3. The van der Waals surface area contributed by atoms with Crippen molar-refractivity contribution in [2.75, 3.05) is 18.6 Å². The van der Waals surface area contributed by atoms with Gasteiger partial charge in [0.15, 0.2) is 5.78 Å². The summed E-state index contributed by atoms with van der Waals surface area (Å²) < 4.78 is 9.07. The van der Waals surface area contributed by atoms with Crippen molar-refractivity contribution in [2.45, 2.75) is 13.5 Å². The lowest BCUT2D eigenvalue weighted by Gasteiger charge is -2.31. The molecule has 1 aliphatic heterocycles. The predicted molar refractivity (Wildman–Crippen MR) is 84.2 cm³/mol. The first-order valence-electron chi connectivity index (χ1n) is 6.99. The van der Waals surface area contributed by atoms with E-state index in [4.69, 9.17) is 4.74 Å². The lowest BCUT2D eigenvalue weighted by molar-refractivity contribution is -0.143. The second kappa shape index (κ2) is 5.88. The average Bonchev–Trinajstić information content (AvgIpc) is 2.93. The zero-order chi connectivity index (χ0) is 15.7. The van der Waals surface area contributed by atoms with Crippen molar-refractivity contribution in [3.63, 3.8) is 0 Å². The van der Waals surface area contributed by atoms with Crippen LogP contribution in [0.4, 0.5) is 5.00 Å². The Morgan fingerprint density at radius 3 is 2.82 bits per heavy atom. The van der Waals surface area contributed by atoms with E-state index in [0.717, 1.165) is 10.6 Å². The number of ether oxygens (including phenoxy) is 1. The van der Waals surface area contributed by atoms with Gasteiger partial charge in [-0.15, -0.1) is 0 Å². The maximum atomic E-state index is 12.5. The van der Waals surface area contributed by atoms with Gasteiger partial charge in [-0.3, -0.25) is 9.59 Å². The zero-order valence-electron chi connectivity index (χ0n) is 12.4. The molecule has 5 nitrogen and oxygen atoms in total. The molecule has 0 spiro atoms. The maximum Gasteiger partial charge on any atom is 0.318 e. The zero-order valence-corrected chi connectivity index (χ0v) is 13.2. The van der Waals surface area contributed by atoms with Crippen LogP contribution in [-0.4, -0.2) is 29.8 Å². The molecule has 0 fully saturated rings. The number of methoxy groups -OCH3 is 1. The number of carbonyl (C=O) groups excluding carboxylic acids is 2. The summed E-state index contributed by atoms with van der Waals surface area (Å²) in [7, 11) is 1.31. The molecule has 2 heterocycles. The Labute approximate surface area is 132 Å². The summed E-state index contributed by atoms with van der Waals surface area (Å²) in [5.74, 6) is -1.45. The summed E-state index contributed by atoms with van der Waals surface area (Å²) in [6.07, 6.45) is 0. The number of aromatic nitrogens is 1. The number of hydrogen-bond acceptors (Lipinski definition) is 6. The van der Waals surface area contributed by atoms with E-state index in [1.165, 1.54) is 18.6 Å². The van der Waals surface area contributed by atoms with Gasteiger partial charge in [0.05, 0.1) is 18.4 Å². The highest BCUT2D eigenvalue weighted by Crippen LogP contribution is 2.36. The number of fused-ring (bicyclic) bond motifs is 1. The van der Waals surface area contributed by atoms with Gasteiger partial charge >= 0.3 is 5.97 Å². The number of rotatable bonds is 3. The van der Waals surface area contributed by atoms with Gasteiger partial charge in [0.2, 0.25) is 0 Å². The average molecular weight is 316 g/mol. The monoisotopic (exact) mass is 316 g/mol. The number of hydrogen-bond donors (Lipinski definition) is 0. The second-order valence-electron chi connectivity index (χ2n) is 5.25. The van der Waals surface area contributed by atoms with Crippen LogP contribution in [0.25, 0.3) is 0 Å². The van der Waals surface area contributed by atoms with Crippen molar-refractivity contribution in [3.8, 4) is 0 Å². The fourth-order valence-corrected chi connectivity index (χ4v) is 3.59. The summed E-state index contributed by atoms with van der Waals surface area (Å²) in [5, 5.41) is 0.839. The topological polar surface area (TPSA) is 59.5 Å². The number of carbonyl (C=O) groups is 2. The third-order valence-corrected chi connectivity index (χ3v) is 4.80. The molecule has 1 unspecified atom stereocenters. The van der Waals surface area contributed by atoms with Crippen LogP contribution in [0, 0.1) is 12.8 Å². The summed E-state index contributed by atoms with van der Waals surface area (Å²) in [4.78, 5) is 26.5. The second-order valence-corrected chi connectivity index (χ2v) is 6.01. The smallest absolute Gasteiger partial charge is 0.318 e. The molecule has 1 aromatic heterocycles. The number of aryl methyl sites for hydroxylation is 1. The van der Waals surface area contributed by atoms with Crippen molar-refractivity contribution in [2.24, 2.45) is 5.92 Å². The Morgan fingerprint density at radius 2 is 2.14 bits per heavy atom. The van der Waals surface area contributed by atoms with Crippen LogP contribution in [0.1, 0.15) is 21.6 Å². The van der Waals surface area contributed by atoms with Gasteiger partial charge in [-0.1, -0.05) is 30.3 Å². The van der Waals surface area contributed by atoms with Gasteiger partial charge in [0, 0.05) is 13.1 Å². The molecule has 0 N–H and O–H groups in total. The van der Waals surface area contributed by atoms with Gasteiger partial charge < -0.3 is 9.64 Å². The molecule has 0 amide bonds. The Kier molecular flexibility index (Phi) is 3.94. The van der Waals surface area contributed by atoms with E-state index in [2.05, 4.69) is 4.37 Å². The Hall–Kier alpha value is -2.21. The van der Waals surface area contributed by atoms with Crippen LogP contribution < -0.4 is 4.90 Å². The number of benzene rings is 1. The molecule has 1 aliphatic rings. The van der Waals surface area contributed by atoms with E-state index in [9.17, 15) is 9.59 Å². The summed E-state index contributed by atoms with van der Waals surface area (Å²) in [6.45, 7) is 2.76. The number of nitrogens with zero attached hydrogens (tertiary/aromatic N) is 2. The van der Waals surface area contributed by atoms with Crippen LogP contribution >= 0.6 is 11.5 Å². The molecule has 2 aromatic rings. The molecule has 22 heavy (non-hydrogen) atoms. The molecule has 1 aromatic carbocycles. The summed E-state index contributed by atoms with van der Waals surface area (Å²) in [6, 6.07) is 9.96. The fourth-order valence-electron chi connectivity index (χ4n) is 2.68. The molecule has 0 saturated carbocycles. The van der Waals surface area contributed by atoms with Gasteiger partial charge in [-0.25, -0.2) is 0 Å². The number of Topliss-reactive ketones (excluding diaryl/α,β-unsaturated/α-hetero) is 1. The van der Waals surface area contributed by atoms with Crippen molar-refractivity contribution in [3.05, 3.63) is 47.2 Å². The quantitative estimate of drug-likeness (QED) is 0.643. The minimum absolute atomic E-state index is 0.183. The third kappa shape index (κ3) is 2.50. The van der Waals surface area contributed by atoms with Gasteiger partial charge in [0.1, 0.15) is 10.9 Å². The number of esters is 1. The van der Waals surface area contributed by atoms with Gasteiger partial charge in [-0.2, -0.15) is 4.37 Å². The number of ketones is 1. The molecular weight excluding hydrogens is 300 g/mol. The molecule has 3 rings (SSSR count). The Balaban J connectivity index is 1.97. The fraction of sp³-hybridized carbons (Fsp3) is 0.312. The van der Waals surface area contributed by atoms with Crippen LogP contribution in [0.15, 0.2) is 30.3 Å². The van der Waals surface area contributed by atoms with Gasteiger partial charge in [0.25, 0.3) is 0 Å². The minimum Gasteiger partial charge on any atom is -0.468 e. The number of anilines is 1. The van der Waals surface area contributed by atoms with Crippen LogP contribution in [0.5, 0.6) is 0 Å². The molecule has 1 atom stereocenters. The van der Waals surface area contributed by atoms with Crippen LogP contribution in [-0.2, 0) is 16.1 Å². The molecule has 0 aliphatic carbocycles. The van der Waals surface area contributed by atoms with E-state index >= 15 is 0 Å². The van der Waals surface area contributed by atoms with E-state index in [1.807, 2.05) is 35.2 Å². The summed E-state index contributed by atoms with van der Waals surface area (Å²) >= 11 is 1.31. The van der Waals surface area contributed by atoms with Crippen molar-refractivity contribution in [1.82, 2.24) is 4.37 Å². The lowest BCUT2D eigenvalue weighted by Crippen LogP contribution is -2.42. The molecule has 0 saturated heterocycles. The first-order valence-corrected chi connectivity index (χ1v) is 7.76. The Morgan fingerprint density at radius 1 is 1.41 bits per heavy atom. The van der Waals surface area contributed by atoms with Crippen molar-refractivity contribution >= 4 is 28.3 Å².